The van der Waals surface area contributed by atoms with Crippen molar-refractivity contribution in [3.05, 3.63) is 70.4 Å². The van der Waals surface area contributed by atoms with E-state index in [-0.39, 0.29) is 11.3 Å². The van der Waals surface area contributed by atoms with Crippen LogP contribution in [-0.2, 0) is 16.2 Å². The van der Waals surface area contributed by atoms with Crippen LogP contribution in [0.4, 0.5) is 0 Å². The summed E-state index contributed by atoms with van der Waals surface area (Å²) >= 11 is 0. The van der Waals surface area contributed by atoms with Crippen molar-refractivity contribution in [1.29, 1.82) is 0 Å². The molecule has 1 heterocycles. The number of carbonyl (C=O) groups excluding carboxylic acids is 2. The van der Waals surface area contributed by atoms with Gasteiger partial charge in [0.15, 0.2) is 17.9 Å². The zero-order chi connectivity index (χ0) is 14.7. The predicted octanol–water partition coefficient (Wildman–Crippen LogP) is 0.964. The lowest BCUT2D eigenvalue weighted by Crippen LogP contribution is -2.25. The van der Waals surface area contributed by atoms with Crippen LogP contribution in [0.5, 0.6) is 5.75 Å². The van der Waals surface area contributed by atoms with Gasteiger partial charge in [-0.2, -0.15) is 0 Å². The zero-order valence-corrected chi connectivity index (χ0v) is 11.1. The van der Waals surface area contributed by atoms with Gasteiger partial charge in [-0.05, 0) is 11.6 Å². The van der Waals surface area contributed by atoms with Crippen LogP contribution in [0.3, 0.4) is 0 Å². The molecule has 0 N–H and O–H groups in total. The van der Waals surface area contributed by atoms with Gasteiger partial charge in [0, 0.05) is 5.22 Å². The molecule has 0 amide bonds. The van der Waals surface area contributed by atoms with Gasteiger partial charge in [-0.1, -0.05) is 42.5 Å². The molecule has 3 rings (SSSR count). The number of para-hydroxylation sites is 1. The third-order valence-corrected chi connectivity index (χ3v) is 3.22. The van der Waals surface area contributed by atoms with Crippen molar-refractivity contribution in [2.45, 2.75) is 6.61 Å². The van der Waals surface area contributed by atoms with Crippen molar-refractivity contribution >= 4 is 17.8 Å². The van der Waals surface area contributed by atoms with Gasteiger partial charge in [0.05, 0.1) is 5.57 Å². The van der Waals surface area contributed by atoms with Gasteiger partial charge in [-0.3, -0.25) is 4.79 Å². The Morgan fingerprint density at radius 1 is 1.10 bits per heavy atom. The fourth-order valence-corrected chi connectivity index (χ4v) is 2.20. The lowest BCUT2D eigenvalue weighted by Gasteiger charge is -2.05. The maximum Gasteiger partial charge on any atom is 0.158 e. The van der Waals surface area contributed by atoms with Gasteiger partial charge in [0.25, 0.3) is 0 Å². The molecular formula is C17H11NO3. The average Bonchev–Trinajstić information content (AvgIpc) is 2.92. The van der Waals surface area contributed by atoms with Crippen molar-refractivity contribution in [2.24, 2.45) is 4.99 Å². The number of benzene rings is 2. The number of hydrogen-bond acceptors (Lipinski definition) is 4. The highest BCUT2D eigenvalue weighted by molar-refractivity contribution is 6.10. The van der Waals surface area contributed by atoms with Crippen molar-refractivity contribution in [3.63, 3.8) is 0 Å². The van der Waals surface area contributed by atoms with E-state index in [4.69, 9.17) is 4.74 Å². The van der Waals surface area contributed by atoms with Crippen LogP contribution in [-0.4, -0.2) is 12.2 Å². The summed E-state index contributed by atoms with van der Waals surface area (Å²) in [5.74, 6) is 2.23. The number of ether oxygens (including phenoxy) is 1. The zero-order valence-electron chi connectivity index (χ0n) is 11.1. The largest absolute Gasteiger partial charge is 0.487 e. The smallest absolute Gasteiger partial charge is 0.158 e. The quantitative estimate of drug-likeness (QED) is 0.618. The molecule has 0 aromatic heterocycles. The Bertz CT molecular complexity index is 863. The second-order valence-electron chi connectivity index (χ2n) is 4.52. The van der Waals surface area contributed by atoms with Crippen LogP contribution < -0.4 is 15.3 Å². The Kier molecular flexibility index (Phi) is 3.46. The van der Waals surface area contributed by atoms with E-state index in [1.165, 1.54) is 0 Å². The molecule has 0 unspecified atom stereocenters. The van der Waals surface area contributed by atoms with Crippen molar-refractivity contribution in [1.82, 2.24) is 0 Å². The summed E-state index contributed by atoms with van der Waals surface area (Å²) in [4.78, 5) is 26.1. The number of allylic oxidation sites excluding steroid dienone is 1. The van der Waals surface area contributed by atoms with E-state index in [0.29, 0.717) is 29.2 Å². The fourth-order valence-electron chi connectivity index (χ4n) is 2.20. The molecular weight excluding hydrogens is 266 g/mol. The SMILES string of the molecule is O=C=C1N=c2c(OCc3ccccc3)cccc2=C1C=O. The molecule has 4 heteroatoms. The number of aldehydes is 1. The number of carbonyl (C=O) groups is 1. The van der Waals surface area contributed by atoms with Crippen LogP contribution in [0.25, 0.3) is 5.57 Å². The summed E-state index contributed by atoms with van der Waals surface area (Å²) in [5, 5.41) is 1.11. The molecule has 1 aliphatic rings. The number of hydrogen-bond donors (Lipinski definition) is 0. The number of rotatable bonds is 4. The Morgan fingerprint density at radius 3 is 2.62 bits per heavy atom. The molecule has 0 radical (unpaired) electrons. The molecule has 0 aliphatic carbocycles. The molecule has 0 saturated carbocycles. The van der Waals surface area contributed by atoms with E-state index in [2.05, 4.69) is 4.99 Å². The van der Waals surface area contributed by atoms with E-state index in [1.54, 1.807) is 24.1 Å². The van der Waals surface area contributed by atoms with Crippen molar-refractivity contribution in [3.8, 4) is 5.75 Å². The second kappa shape index (κ2) is 5.57. The summed E-state index contributed by atoms with van der Waals surface area (Å²) in [6, 6.07) is 15.0. The average molecular weight is 277 g/mol. The maximum atomic E-state index is 11.1. The first-order valence-corrected chi connectivity index (χ1v) is 6.43. The third-order valence-electron chi connectivity index (χ3n) is 3.22. The monoisotopic (exact) mass is 277 g/mol. The van der Waals surface area contributed by atoms with E-state index in [1.807, 2.05) is 30.3 Å². The summed E-state index contributed by atoms with van der Waals surface area (Å²) in [6.07, 6.45) is 0.622. The van der Waals surface area contributed by atoms with Crippen molar-refractivity contribution in [2.75, 3.05) is 0 Å². The van der Waals surface area contributed by atoms with Gasteiger partial charge in [-0.15, -0.1) is 0 Å². The van der Waals surface area contributed by atoms with Crippen LogP contribution in [0.15, 0.2) is 59.2 Å². The molecule has 0 bridgehead atoms. The Hall–Kier alpha value is -2.97. The molecule has 2 aromatic carbocycles. The van der Waals surface area contributed by atoms with Crippen molar-refractivity contribution < 1.29 is 14.3 Å². The molecule has 0 saturated heterocycles. The van der Waals surface area contributed by atoms with Gasteiger partial charge in [0.2, 0.25) is 0 Å². The van der Waals surface area contributed by atoms with Crippen LogP contribution in [0.1, 0.15) is 5.56 Å². The first-order valence-electron chi connectivity index (χ1n) is 6.43. The molecule has 2 aromatic rings. The van der Waals surface area contributed by atoms with E-state index in [9.17, 15) is 9.59 Å². The van der Waals surface area contributed by atoms with Gasteiger partial charge < -0.3 is 4.74 Å². The van der Waals surface area contributed by atoms with Crippen LogP contribution in [0.2, 0.25) is 0 Å². The molecule has 0 spiro atoms. The maximum absolute atomic E-state index is 11.1. The molecule has 102 valence electrons. The van der Waals surface area contributed by atoms with Gasteiger partial charge in [-0.25, -0.2) is 9.79 Å². The highest BCUT2D eigenvalue weighted by atomic mass is 16.5. The predicted molar refractivity (Wildman–Crippen MR) is 76.7 cm³/mol. The normalized spacial score (nSPS) is 12.4. The first-order chi connectivity index (χ1) is 10.3. The standard InChI is InChI=1S/C17H11NO3/c19-9-14-13-7-4-8-16(17(13)18-15(14)10-20)21-11-12-5-2-1-3-6-12/h1-9H,11H2. The minimum Gasteiger partial charge on any atom is -0.487 e. The third kappa shape index (κ3) is 2.40. The Balaban J connectivity index is 2.01. The first kappa shape index (κ1) is 13.0. The lowest BCUT2D eigenvalue weighted by molar-refractivity contribution is -0.103. The fraction of sp³-hybridized carbons (Fsp3) is 0.0588. The molecule has 1 aliphatic heterocycles. The van der Waals surface area contributed by atoms with E-state index < -0.39 is 0 Å². The van der Waals surface area contributed by atoms with Gasteiger partial charge in [0.1, 0.15) is 17.7 Å². The molecule has 0 atom stereocenters. The highest BCUT2D eigenvalue weighted by Gasteiger charge is 2.15. The topological polar surface area (TPSA) is 55.7 Å². The van der Waals surface area contributed by atoms with E-state index >= 15 is 0 Å². The summed E-state index contributed by atoms with van der Waals surface area (Å²) in [7, 11) is 0. The summed E-state index contributed by atoms with van der Waals surface area (Å²) in [6.45, 7) is 0.392. The van der Waals surface area contributed by atoms with Gasteiger partial charge >= 0.3 is 0 Å². The molecule has 21 heavy (non-hydrogen) atoms. The highest BCUT2D eigenvalue weighted by Crippen LogP contribution is 2.12. The minimum atomic E-state index is 0.0239. The Morgan fingerprint density at radius 2 is 1.90 bits per heavy atom. The lowest BCUT2D eigenvalue weighted by atomic mass is 10.1. The number of nitrogens with zero attached hydrogens (tertiary/aromatic N) is 1. The number of fused-ring (bicyclic) bond motifs is 1. The summed E-state index contributed by atoms with van der Waals surface area (Å²) in [5.41, 5.74) is 1.31. The minimum absolute atomic E-state index is 0.0239. The van der Waals surface area contributed by atoms with Crippen LogP contribution >= 0.6 is 0 Å². The van der Waals surface area contributed by atoms with Crippen LogP contribution in [0, 0.1) is 0 Å². The molecule has 0 fully saturated rings. The second-order valence-corrected chi connectivity index (χ2v) is 4.52. The summed E-state index contributed by atoms with van der Waals surface area (Å²) < 4.78 is 5.75. The van der Waals surface area contributed by atoms with E-state index in [0.717, 1.165) is 5.56 Å². The molecule has 4 nitrogen and oxygen atoms in total. The Labute approximate surface area is 120 Å².